The van der Waals surface area contributed by atoms with Gasteiger partial charge in [-0.3, -0.25) is 9.78 Å². The van der Waals surface area contributed by atoms with Gasteiger partial charge in [-0.25, -0.2) is 9.59 Å². The van der Waals surface area contributed by atoms with Crippen molar-refractivity contribution in [1.29, 1.82) is 0 Å². The van der Waals surface area contributed by atoms with Crippen LogP contribution in [-0.4, -0.2) is 64.4 Å². The van der Waals surface area contributed by atoms with Gasteiger partial charge in [0, 0.05) is 41.0 Å². The van der Waals surface area contributed by atoms with Crippen LogP contribution in [0.4, 0.5) is 5.69 Å². The van der Waals surface area contributed by atoms with Crippen LogP contribution in [0.5, 0.6) is 17.2 Å². The lowest BCUT2D eigenvalue weighted by molar-refractivity contribution is -0.144. The number of carbonyl (C=O) groups is 3. The van der Waals surface area contributed by atoms with Crippen molar-refractivity contribution in [2.24, 2.45) is 11.8 Å². The van der Waals surface area contributed by atoms with E-state index in [9.17, 15) is 24.6 Å². The van der Waals surface area contributed by atoms with Gasteiger partial charge >= 0.3 is 11.9 Å². The molecular weight excluding hydrogens is 806 g/mol. The number of ether oxygens (including phenoxy) is 3. The number of amides is 1. The second-order valence-electron chi connectivity index (χ2n) is 17.7. The van der Waals surface area contributed by atoms with Crippen LogP contribution in [0.15, 0.2) is 79.0 Å². The fourth-order valence-corrected chi connectivity index (χ4v) is 10.4. The highest BCUT2D eigenvalue weighted by Crippen LogP contribution is 2.57. The minimum atomic E-state index is -1.14. The summed E-state index contributed by atoms with van der Waals surface area (Å²) in [6, 6.07) is 21.7. The molecule has 7 rings (SSSR count). The smallest absolute Gasteiger partial charge is 0.329 e. The number of hydrogen-bond acceptors (Lipinski definition) is 8. The van der Waals surface area contributed by atoms with Crippen molar-refractivity contribution in [1.82, 2.24) is 10.3 Å². The standard InChI is InChI=1S/C50H60ClN3O8/c1-4-60-39-13-6-10-34(26-39)27-43(47(56)57)53-45(55)15-8-24-61-40-17-16-35-28-36(25-32(2)31-62-44-18-23-52-42-14-5-9-33(3)46(42)44)49(41(35)30-40)19-21-50(22-20-49,48(58)59)54-38-12-7-11-37(51)29-38/h6-7,10-13,16-18,23,26,29-30,32-33,36,43,54H,4-5,8-9,14-15,19-22,24-25,27-28,31H2,1-3H3,(H,53,55)(H,56,57)(H,58,59)/t32-,33-,36?,43?,49?,50?/m1/s1. The maximum absolute atomic E-state index is 13.1. The average Bonchev–Trinajstić information content (AvgIpc) is 3.53. The van der Waals surface area contributed by atoms with Gasteiger partial charge in [0.15, 0.2) is 0 Å². The van der Waals surface area contributed by atoms with Crippen LogP contribution >= 0.6 is 11.6 Å². The largest absolute Gasteiger partial charge is 0.494 e. The van der Waals surface area contributed by atoms with Gasteiger partial charge in [-0.2, -0.15) is 0 Å². The Labute approximate surface area is 369 Å². The molecule has 1 amide bonds. The molecule has 0 aliphatic heterocycles. The van der Waals surface area contributed by atoms with E-state index in [1.807, 2.05) is 55.6 Å². The molecule has 4 aromatic rings. The van der Waals surface area contributed by atoms with Crippen LogP contribution in [0, 0.1) is 11.8 Å². The zero-order valence-electron chi connectivity index (χ0n) is 36.1. The Hall–Kier alpha value is -5.29. The van der Waals surface area contributed by atoms with E-state index in [2.05, 4.69) is 41.6 Å². The Kier molecular flexibility index (Phi) is 14.3. The van der Waals surface area contributed by atoms with Crippen molar-refractivity contribution < 1.29 is 38.8 Å². The Balaban J connectivity index is 1.03. The molecule has 1 spiro atoms. The van der Waals surface area contributed by atoms with E-state index in [1.165, 1.54) is 16.7 Å². The third-order valence-electron chi connectivity index (χ3n) is 13.4. The number of pyridine rings is 1. The number of benzene rings is 3. The maximum atomic E-state index is 13.1. The molecule has 2 unspecified atom stereocenters. The lowest BCUT2D eigenvalue weighted by Gasteiger charge is -2.47. The highest BCUT2D eigenvalue weighted by Gasteiger charge is 2.54. The van der Waals surface area contributed by atoms with Crippen LogP contribution in [0.25, 0.3) is 0 Å². The predicted octanol–water partition coefficient (Wildman–Crippen LogP) is 9.57. The summed E-state index contributed by atoms with van der Waals surface area (Å²) in [5.74, 6) is 0.891. The third kappa shape index (κ3) is 10.3. The van der Waals surface area contributed by atoms with Crippen LogP contribution < -0.4 is 24.8 Å². The molecule has 4 atom stereocenters. The lowest BCUT2D eigenvalue weighted by atomic mass is 9.59. The van der Waals surface area contributed by atoms with Crippen molar-refractivity contribution >= 4 is 35.1 Å². The maximum Gasteiger partial charge on any atom is 0.329 e. The quantitative estimate of drug-likeness (QED) is 0.0670. The van der Waals surface area contributed by atoms with E-state index < -0.39 is 23.5 Å². The molecule has 3 aliphatic carbocycles. The number of nitrogens with one attached hydrogen (secondary N) is 2. The lowest BCUT2D eigenvalue weighted by Crippen LogP contribution is -2.53. The van der Waals surface area contributed by atoms with Gasteiger partial charge in [-0.05, 0) is 160 Å². The predicted molar refractivity (Wildman–Crippen MR) is 240 cm³/mol. The molecule has 330 valence electrons. The average molecular weight is 866 g/mol. The number of aryl methyl sites for hydroxylation is 1. The molecule has 0 saturated heterocycles. The monoisotopic (exact) mass is 865 g/mol. The number of hydrogen-bond donors (Lipinski definition) is 4. The fourth-order valence-electron chi connectivity index (χ4n) is 10.2. The van der Waals surface area contributed by atoms with Crippen LogP contribution in [0.3, 0.4) is 0 Å². The van der Waals surface area contributed by atoms with Crippen molar-refractivity contribution in [3.63, 3.8) is 0 Å². The number of halogens is 1. The Morgan fingerprint density at radius 1 is 0.952 bits per heavy atom. The van der Waals surface area contributed by atoms with Gasteiger partial charge in [0.1, 0.15) is 28.8 Å². The van der Waals surface area contributed by atoms with Crippen LogP contribution in [-0.2, 0) is 39.1 Å². The van der Waals surface area contributed by atoms with Gasteiger partial charge in [0.2, 0.25) is 5.91 Å². The summed E-state index contributed by atoms with van der Waals surface area (Å²) in [6.45, 7) is 7.75. The summed E-state index contributed by atoms with van der Waals surface area (Å²) in [5.41, 5.74) is 4.90. The van der Waals surface area contributed by atoms with Gasteiger partial charge in [0.05, 0.1) is 19.8 Å². The third-order valence-corrected chi connectivity index (χ3v) is 13.6. The Morgan fingerprint density at radius 2 is 1.74 bits per heavy atom. The minimum Gasteiger partial charge on any atom is -0.494 e. The number of aliphatic carboxylic acids is 2. The zero-order valence-corrected chi connectivity index (χ0v) is 36.8. The molecule has 0 bridgehead atoms. The van der Waals surface area contributed by atoms with Crippen LogP contribution in [0.2, 0.25) is 5.02 Å². The number of nitrogens with zero attached hydrogens (tertiary/aromatic N) is 1. The molecule has 1 heterocycles. The zero-order chi connectivity index (χ0) is 43.9. The summed E-state index contributed by atoms with van der Waals surface area (Å²) in [4.78, 5) is 42.7. The molecule has 3 aliphatic rings. The van der Waals surface area contributed by atoms with E-state index >= 15 is 0 Å². The summed E-state index contributed by atoms with van der Waals surface area (Å²) in [6.07, 6.45) is 9.80. The second-order valence-corrected chi connectivity index (χ2v) is 18.1. The highest BCUT2D eigenvalue weighted by atomic mass is 35.5. The molecule has 12 heteroatoms. The number of anilines is 1. The van der Waals surface area contributed by atoms with Crippen molar-refractivity contribution in [3.8, 4) is 17.2 Å². The van der Waals surface area contributed by atoms with E-state index in [1.54, 1.807) is 18.2 Å². The molecule has 11 nitrogen and oxygen atoms in total. The Morgan fingerprint density at radius 3 is 2.50 bits per heavy atom. The summed E-state index contributed by atoms with van der Waals surface area (Å²) in [5, 5.41) is 27.2. The molecule has 1 fully saturated rings. The number of carbonyl (C=O) groups excluding carboxylic acids is 1. The van der Waals surface area contributed by atoms with Crippen molar-refractivity contribution in [2.45, 2.75) is 121 Å². The molecule has 3 aromatic carbocycles. The number of rotatable bonds is 19. The van der Waals surface area contributed by atoms with E-state index in [-0.39, 0.29) is 42.6 Å². The summed E-state index contributed by atoms with van der Waals surface area (Å²) in [7, 11) is 0. The molecule has 62 heavy (non-hydrogen) atoms. The molecule has 0 radical (unpaired) electrons. The minimum absolute atomic E-state index is 0.109. The number of aromatic nitrogens is 1. The fraction of sp³-hybridized carbons (Fsp3) is 0.480. The number of fused-ring (bicyclic) bond motifs is 3. The van der Waals surface area contributed by atoms with Gasteiger partial charge in [-0.15, -0.1) is 0 Å². The highest BCUT2D eigenvalue weighted by molar-refractivity contribution is 6.30. The Bertz CT molecular complexity index is 2220. The van der Waals surface area contributed by atoms with E-state index in [0.29, 0.717) is 73.4 Å². The second kappa shape index (κ2) is 19.8. The molecule has 1 saturated carbocycles. The topological polar surface area (TPSA) is 156 Å². The first-order valence-electron chi connectivity index (χ1n) is 22.3. The first-order chi connectivity index (χ1) is 29.9. The summed E-state index contributed by atoms with van der Waals surface area (Å²) >= 11 is 6.31. The van der Waals surface area contributed by atoms with Crippen molar-refractivity contribution in [3.05, 3.63) is 112 Å². The van der Waals surface area contributed by atoms with Crippen molar-refractivity contribution in [2.75, 3.05) is 25.1 Å². The normalized spacial score (nSPS) is 22.5. The first-order valence-corrected chi connectivity index (χ1v) is 22.6. The van der Waals surface area contributed by atoms with Gasteiger partial charge < -0.3 is 35.1 Å². The van der Waals surface area contributed by atoms with Gasteiger partial charge in [0.25, 0.3) is 0 Å². The number of carboxylic acid groups (broad SMARTS) is 2. The first kappa shape index (κ1) is 44.8. The molecule has 1 aromatic heterocycles. The summed E-state index contributed by atoms with van der Waals surface area (Å²) < 4.78 is 18.4. The number of carboxylic acids is 2. The van der Waals surface area contributed by atoms with Gasteiger partial charge in [-0.1, -0.05) is 49.7 Å². The van der Waals surface area contributed by atoms with Crippen LogP contribution in [0.1, 0.15) is 112 Å². The molecular formula is C50H60ClN3O8. The molecule has 4 N–H and O–H groups in total. The van der Waals surface area contributed by atoms with E-state index in [4.69, 9.17) is 25.8 Å². The van der Waals surface area contributed by atoms with E-state index in [0.717, 1.165) is 49.1 Å². The SMILES string of the molecule is CCOc1cccc(CC(NC(=O)CCCOc2ccc3c(c2)C2(CCC(Nc4cccc(Cl)c4)(C(=O)O)CC2)C(C[C@@H](C)COc2ccnc4c2[C@H](C)CCC4)C3)C(=O)O)c1.